The third kappa shape index (κ3) is 6.64. The van der Waals surface area contributed by atoms with E-state index in [-0.39, 0.29) is 12.5 Å². The van der Waals surface area contributed by atoms with Crippen molar-refractivity contribution >= 4 is 5.91 Å². The first-order chi connectivity index (χ1) is 12.6. The minimum atomic E-state index is -0.580. The van der Waals surface area contributed by atoms with Crippen LogP contribution in [0.5, 0.6) is 17.2 Å². The largest absolute Gasteiger partial charge is 0.497 e. The van der Waals surface area contributed by atoms with E-state index >= 15 is 0 Å². The topological polar surface area (TPSA) is 77.0 Å². The van der Waals surface area contributed by atoms with E-state index in [1.807, 2.05) is 24.3 Å². The van der Waals surface area contributed by atoms with Gasteiger partial charge in [-0.25, -0.2) is 0 Å². The van der Waals surface area contributed by atoms with Crippen molar-refractivity contribution < 1.29 is 24.1 Å². The highest BCUT2D eigenvalue weighted by Gasteiger charge is 2.07. The fourth-order valence-corrected chi connectivity index (χ4v) is 2.18. The number of carbonyl (C=O) groups is 1. The number of methoxy groups -OCH3 is 1. The Morgan fingerprint density at radius 1 is 1.04 bits per heavy atom. The molecule has 0 spiro atoms. The van der Waals surface area contributed by atoms with E-state index in [0.29, 0.717) is 30.9 Å². The highest BCUT2D eigenvalue weighted by molar-refractivity contribution is 5.94. The highest BCUT2D eigenvalue weighted by Crippen LogP contribution is 2.17. The zero-order valence-electron chi connectivity index (χ0n) is 15.1. The number of rotatable bonds is 10. The summed E-state index contributed by atoms with van der Waals surface area (Å²) in [7, 11) is 1.62. The monoisotopic (exact) mass is 359 g/mol. The first-order valence-corrected chi connectivity index (χ1v) is 8.54. The molecule has 0 aromatic heterocycles. The van der Waals surface area contributed by atoms with Crippen LogP contribution in [0.15, 0.2) is 48.5 Å². The first-order valence-electron chi connectivity index (χ1n) is 8.54. The molecule has 0 saturated carbocycles. The minimum absolute atomic E-state index is 0.215. The van der Waals surface area contributed by atoms with Crippen LogP contribution in [0.2, 0.25) is 0 Å². The number of ether oxygens (including phenoxy) is 3. The van der Waals surface area contributed by atoms with Gasteiger partial charge in [-0.2, -0.15) is 0 Å². The van der Waals surface area contributed by atoms with E-state index in [9.17, 15) is 9.90 Å². The summed E-state index contributed by atoms with van der Waals surface area (Å²) in [6.07, 6.45) is 0.133. The van der Waals surface area contributed by atoms with E-state index in [0.717, 1.165) is 11.5 Å². The summed E-state index contributed by atoms with van der Waals surface area (Å²) >= 11 is 0. The predicted molar refractivity (Wildman–Crippen MR) is 99.1 cm³/mol. The van der Waals surface area contributed by atoms with Gasteiger partial charge in [0, 0.05) is 18.5 Å². The Labute approximate surface area is 153 Å². The molecule has 0 radical (unpaired) electrons. The third-order valence-corrected chi connectivity index (χ3v) is 3.54. The van der Waals surface area contributed by atoms with Crippen LogP contribution in [0.3, 0.4) is 0 Å². The summed E-state index contributed by atoms with van der Waals surface area (Å²) in [6, 6.07) is 14.4. The summed E-state index contributed by atoms with van der Waals surface area (Å²) < 4.78 is 16.4. The molecule has 2 N–H and O–H groups in total. The molecule has 2 aromatic rings. The maximum absolute atomic E-state index is 12.0. The Bertz CT molecular complexity index is 685. The number of aliphatic hydroxyl groups is 1. The molecule has 0 heterocycles. The molecular weight excluding hydrogens is 334 g/mol. The van der Waals surface area contributed by atoms with Gasteiger partial charge in [-0.1, -0.05) is 6.07 Å². The van der Waals surface area contributed by atoms with Crippen LogP contribution >= 0.6 is 0 Å². The molecule has 2 aromatic carbocycles. The Morgan fingerprint density at radius 2 is 1.69 bits per heavy atom. The minimum Gasteiger partial charge on any atom is -0.497 e. The number of nitrogens with one attached hydrogen (secondary N) is 1. The summed E-state index contributed by atoms with van der Waals surface area (Å²) in [5, 5.41) is 11.9. The molecule has 1 amide bonds. The Kier molecular flexibility index (Phi) is 7.76. The molecular formula is C20H25NO5. The maximum atomic E-state index is 12.0. The normalized spacial score (nSPS) is 11.5. The summed E-state index contributed by atoms with van der Waals surface area (Å²) in [6.45, 7) is 2.84. The second-order valence-corrected chi connectivity index (χ2v) is 5.81. The average Bonchev–Trinajstić information content (AvgIpc) is 2.66. The van der Waals surface area contributed by atoms with Crippen LogP contribution in [0.1, 0.15) is 23.7 Å². The molecule has 0 fully saturated rings. The molecule has 1 unspecified atom stereocenters. The van der Waals surface area contributed by atoms with Crippen molar-refractivity contribution in [3.63, 3.8) is 0 Å². The number of benzene rings is 2. The molecule has 0 aliphatic rings. The molecule has 0 bridgehead atoms. The van der Waals surface area contributed by atoms with Crippen molar-refractivity contribution in [1.82, 2.24) is 5.32 Å². The Balaban J connectivity index is 1.72. The van der Waals surface area contributed by atoms with Gasteiger partial charge in [0.1, 0.15) is 17.2 Å². The van der Waals surface area contributed by atoms with E-state index in [4.69, 9.17) is 14.2 Å². The van der Waals surface area contributed by atoms with Crippen LogP contribution in [-0.2, 0) is 0 Å². The number of carbonyl (C=O) groups excluding carboxylic acids is 1. The molecule has 0 saturated heterocycles. The van der Waals surface area contributed by atoms with Crippen molar-refractivity contribution in [1.29, 1.82) is 0 Å². The lowest BCUT2D eigenvalue weighted by Crippen LogP contribution is -2.30. The lowest BCUT2D eigenvalue weighted by atomic mass is 10.2. The zero-order valence-corrected chi connectivity index (χ0v) is 15.1. The standard InChI is InChI=1S/C20H25NO5/c1-15(22)14-21-20(23)16-5-3-6-19(13-16)26-12-4-11-25-18-9-7-17(24-2)8-10-18/h3,5-10,13,15,22H,4,11-12,14H2,1-2H3,(H,21,23). The number of hydrogen-bond acceptors (Lipinski definition) is 5. The van der Waals surface area contributed by atoms with Gasteiger partial charge in [0.25, 0.3) is 5.91 Å². The van der Waals surface area contributed by atoms with Gasteiger partial charge < -0.3 is 24.6 Å². The summed E-state index contributed by atoms with van der Waals surface area (Å²) in [5.74, 6) is 1.96. The first kappa shape index (κ1) is 19.6. The van der Waals surface area contributed by atoms with Crippen molar-refractivity contribution in [2.45, 2.75) is 19.4 Å². The van der Waals surface area contributed by atoms with Gasteiger partial charge in [0.15, 0.2) is 0 Å². The van der Waals surface area contributed by atoms with Crippen molar-refractivity contribution in [2.75, 3.05) is 26.9 Å². The van der Waals surface area contributed by atoms with E-state index < -0.39 is 6.10 Å². The highest BCUT2D eigenvalue weighted by atomic mass is 16.5. The molecule has 1 atom stereocenters. The lowest BCUT2D eigenvalue weighted by molar-refractivity contribution is 0.0923. The van der Waals surface area contributed by atoms with Gasteiger partial charge in [0.2, 0.25) is 0 Å². The van der Waals surface area contributed by atoms with Gasteiger partial charge in [-0.15, -0.1) is 0 Å². The van der Waals surface area contributed by atoms with Crippen molar-refractivity contribution in [3.05, 3.63) is 54.1 Å². The molecule has 0 aliphatic carbocycles. The van der Waals surface area contributed by atoms with E-state index in [1.165, 1.54) is 0 Å². The molecule has 6 heteroatoms. The summed E-state index contributed by atoms with van der Waals surface area (Å²) in [5.41, 5.74) is 0.498. The lowest BCUT2D eigenvalue weighted by Gasteiger charge is -2.10. The average molecular weight is 359 g/mol. The van der Waals surface area contributed by atoms with Crippen LogP contribution in [0, 0.1) is 0 Å². The van der Waals surface area contributed by atoms with E-state index in [2.05, 4.69) is 5.32 Å². The quantitative estimate of drug-likeness (QED) is 0.638. The third-order valence-electron chi connectivity index (χ3n) is 3.54. The Morgan fingerprint density at radius 3 is 2.35 bits per heavy atom. The van der Waals surface area contributed by atoms with Crippen LogP contribution in [0.4, 0.5) is 0 Å². The van der Waals surface area contributed by atoms with Crippen molar-refractivity contribution in [3.8, 4) is 17.2 Å². The predicted octanol–water partition coefficient (Wildman–Crippen LogP) is 2.65. The van der Waals surface area contributed by atoms with Crippen LogP contribution < -0.4 is 19.5 Å². The molecule has 6 nitrogen and oxygen atoms in total. The number of amides is 1. The number of hydrogen-bond donors (Lipinski definition) is 2. The van der Waals surface area contributed by atoms with Gasteiger partial charge >= 0.3 is 0 Å². The van der Waals surface area contributed by atoms with Gasteiger partial charge in [-0.05, 0) is 49.4 Å². The molecule has 140 valence electrons. The fourth-order valence-electron chi connectivity index (χ4n) is 2.18. The van der Waals surface area contributed by atoms with E-state index in [1.54, 1.807) is 38.3 Å². The van der Waals surface area contributed by atoms with Gasteiger partial charge in [0.05, 0.1) is 26.4 Å². The van der Waals surface area contributed by atoms with Crippen LogP contribution in [0.25, 0.3) is 0 Å². The summed E-state index contributed by atoms with van der Waals surface area (Å²) in [4.78, 5) is 12.0. The molecule has 26 heavy (non-hydrogen) atoms. The number of aliphatic hydroxyl groups excluding tert-OH is 1. The second kappa shape index (κ2) is 10.3. The Hall–Kier alpha value is -2.73. The zero-order chi connectivity index (χ0) is 18.8. The van der Waals surface area contributed by atoms with Crippen molar-refractivity contribution in [2.24, 2.45) is 0 Å². The van der Waals surface area contributed by atoms with Gasteiger partial charge in [-0.3, -0.25) is 4.79 Å². The maximum Gasteiger partial charge on any atom is 0.251 e. The van der Waals surface area contributed by atoms with Crippen LogP contribution in [-0.4, -0.2) is 44.0 Å². The molecule has 2 rings (SSSR count). The smallest absolute Gasteiger partial charge is 0.251 e. The fraction of sp³-hybridized carbons (Fsp3) is 0.350. The second-order valence-electron chi connectivity index (χ2n) is 5.81. The molecule has 0 aliphatic heterocycles. The SMILES string of the molecule is COc1ccc(OCCCOc2cccc(C(=O)NCC(C)O)c2)cc1.